The van der Waals surface area contributed by atoms with Crippen molar-refractivity contribution in [2.24, 2.45) is 0 Å². The third-order valence-corrected chi connectivity index (χ3v) is 7.65. The van der Waals surface area contributed by atoms with Gasteiger partial charge in [0, 0.05) is 84.5 Å². The van der Waals surface area contributed by atoms with E-state index in [1.165, 1.54) is 22.4 Å². The van der Waals surface area contributed by atoms with E-state index in [4.69, 9.17) is 4.74 Å². The molecule has 3 heterocycles. The lowest BCUT2D eigenvalue weighted by Crippen LogP contribution is -2.42. The van der Waals surface area contributed by atoms with Gasteiger partial charge in [0.25, 0.3) is 0 Å². The highest BCUT2D eigenvalue weighted by Gasteiger charge is 2.27. The molecule has 1 fully saturated rings. The van der Waals surface area contributed by atoms with Crippen molar-refractivity contribution >= 4 is 11.6 Å². The minimum absolute atomic E-state index is 0.0569. The van der Waals surface area contributed by atoms with E-state index in [1.54, 1.807) is 6.92 Å². The number of carbonyl (C=O) groups excluding carboxylic acids is 1. The molecule has 2 aromatic rings. The van der Waals surface area contributed by atoms with Crippen LogP contribution in [0.2, 0.25) is 0 Å². The van der Waals surface area contributed by atoms with Gasteiger partial charge in [-0.1, -0.05) is 30.3 Å². The summed E-state index contributed by atoms with van der Waals surface area (Å²) in [4.78, 5) is 20.5. The van der Waals surface area contributed by atoms with Gasteiger partial charge in [-0.25, -0.2) is 0 Å². The van der Waals surface area contributed by atoms with Crippen LogP contribution in [0.3, 0.4) is 0 Å². The van der Waals surface area contributed by atoms with Crippen molar-refractivity contribution in [3.63, 3.8) is 0 Å². The second kappa shape index (κ2) is 10.6. The standard InChI is InChI=1S/C28H38N4O3/c1-21(33)32-12-10-27(20-32)35-26-8-7-24-17-31(14-13-29(2)28(24)15-26)19-25(34)18-30-11-9-22-5-3-4-6-23(22)16-30/h3-8,15,25,27,34H,9-14,16-20H2,1-2H3/t25?,27-/m1/s1. The van der Waals surface area contributed by atoms with Gasteiger partial charge in [-0.15, -0.1) is 0 Å². The number of fused-ring (bicyclic) bond motifs is 2. The number of hydrogen-bond acceptors (Lipinski definition) is 6. The number of hydrogen-bond donors (Lipinski definition) is 1. The Morgan fingerprint density at radius 2 is 1.74 bits per heavy atom. The molecule has 0 radical (unpaired) electrons. The maximum absolute atomic E-state index is 11.6. The predicted octanol–water partition coefficient (Wildman–Crippen LogP) is 2.36. The molecule has 1 amide bonds. The zero-order valence-electron chi connectivity index (χ0n) is 21.0. The molecule has 1 saturated heterocycles. The third kappa shape index (κ3) is 5.80. The molecular formula is C28H38N4O3. The lowest BCUT2D eigenvalue weighted by molar-refractivity contribution is -0.128. The Labute approximate surface area is 208 Å². The van der Waals surface area contributed by atoms with Crippen LogP contribution in [-0.4, -0.2) is 90.8 Å². The number of carbonyl (C=O) groups is 1. The van der Waals surface area contributed by atoms with Crippen molar-refractivity contribution in [3.8, 4) is 5.75 Å². The molecule has 2 atom stereocenters. The SMILES string of the molecule is CC(=O)N1CC[C@@H](Oc2ccc3c(c2)N(C)CCN(CC(O)CN2CCc4ccccc4C2)C3)C1. The summed E-state index contributed by atoms with van der Waals surface area (Å²) in [5.41, 5.74) is 5.28. The molecule has 5 rings (SSSR count). The molecular weight excluding hydrogens is 440 g/mol. The summed E-state index contributed by atoms with van der Waals surface area (Å²) in [5.74, 6) is 0.981. The molecule has 35 heavy (non-hydrogen) atoms. The first-order valence-corrected chi connectivity index (χ1v) is 12.9. The van der Waals surface area contributed by atoms with Crippen molar-refractivity contribution in [3.05, 3.63) is 59.2 Å². The molecule has 1 N–H and O–H groups in total. The van der Waals surface area contributed by atoms with Gasteiger partial charge in [0.2, 0.25) is 5.91 Å². The van der Waals surface area contributed by atoms with Crippen LogP contribution in [0.25, 0.3) is 0 Å². The number of aliphatic hydroxyl groups is 1. The van der Waals surface area contributed by atoms with Gasteiger partial charge in [0.1, 0.15) is 11.9 Å². The van der Waals surface area contributed by atoms with Gasteiger partial charge < -0.3 is 19.6 Å². The van der Waals surface area contributed by atoms with E-state index in [0.717, 1.165) is 57.9 Å². The van der Waals surface area contributed by atoms with Crippen LogP contribution in [-0.2, 0) is 24.3 Å². The topological polar surface area (TPSA) is 59.5 Å². The first-order chi connectivity index (χ1) is 16.9. The molecule has 1 unspecified atom stereocenters. The van der Waals surface area contributed by atoms with Crippen LogP contribution in [0.5, 0.6) is 5.75 Å². The first-order valence-electron chi connectivity index (χ1n) is 12.9. The molecule has 0 aromatic heterocycles. The van der Waals surface area contributed by atoms with Crippen molar-refractivity contribution < 1.29 is 14.6 Å². The van der Waals surface area contributed by atoms with Crippen LogP contribution < -0.4 is 9.64 Å². The number of β-amino-alcohol motifs (C(OH)–C–C–N with tert-alkyl or cyclic N) is 1. The van der Waals surface area contributed by atoms with Gasteiger partial charge >= 0.3 is 0 Å². The van der Waals surface area contributed by atoms with Crippen LogP contribution in [0, 0.1) is 0 Å². The number of likely N-dealkylation sites (tertiary alicyclic amines) is 1. The summed E-state index contributed by atoms with van der Waals surface area (Å²) >= 11 is 0. The molecule has 0 saturated carbocycles. The van der Waals surface area contributed by atoms with Gasteiger partial charge in [-0.3, -0.25) is 14.6 Å². The number of nitrogens with zero attached hydrogens (tertiary/aromatic N) is 4. The van der Waals surface area contributed by atoms with E-state index in [1.807, 2.05) is 11.0 Å². The predicted molar refractivity (Wildman–Crippen MR) is 138 cm³/mol. The minimum Gasteiger partial charge on any atom is -0.488 e. The highest BCUT2D eigenvalue weighted by Crippen LogP contribution is 2.30. The fourth-order valence-corrected chi connectivity index (χ4v) is 5.66. The van der Waals surface area contributed by atoms with E-state index >= 15 is 0 Å². The van der Waals surface area contributed by atoms with E-state index in [0.29, 0.717) is 19.6 Å². The molecule has 2 aromatic carbocycles. The van der Waals surface area contributed by atoms with Crippen LogP contribution >= 0.6 is 0 Å². The zero-order chi connectivity index (χ0) is 24.4. The number of likely N-dealkylation sites (N-methyl/N-ethyl adjacent to an activating group) is 1. The Balaban J connectivity index is 1.17. The summed E-state index contributed by atoms with van der Waals surface area (Å²) < 4.78 is 6.23. The number of aliphatic hydroxyl groups excluding tert-OH is 1. The first kappa shape index (κ1) is 24.1. The van der Waals surface area contributed by atoms with Crippen LogP contribution in [0.1, 0.15) is 30.0 Å². The highest BCUT2D eigenvalue weighted by atomic mass is 16.5. The Bertz CT molecular complexity index is 1040. The number of ether oxygens (including phenoxy) is 1. The molecule has 7 heteroatoms. The van der Waals surface area contributed by atoms with Crippen LogP contribution in [0.15, 0.2) is 42.5 Å². The van der Waals surface area contributed by atoms with Crippen molar-refractivity contribution in [2.45, 2.75) is 45.1 Å². The normalized spacial score (nSPS) is 21.9. The Morgan fingerprint density at radius 1 is 1.00 bits per heavy atom. The Morgan fingerprint density at radius 3 is 2.51 bits per heavy atom. The minimum atomic E-state index is -0.374. The monoisotopic (exact) mass is 478 g/mol. The van der Waals surface area contributed by atoms with E-state index in [9.17, 15) is 9.90 Å². The summed E-state index contributed by atoms with van der Waals surface area (Å²) in [6.45, 7) is 9.00. The molecule has 0 aliphatic carbocycles. The number of amides is 1. The van der Waals surface area contributed by atoms with E-state index in [2.05, 4.69) is 58.1 Å². The molecule has 0 bridgehead atoms. The lowest BCUT2D eigenvalue weighted by atomic mass is 10.00. The quantitative estimate of drug-likeness (QED) is 0.688. The molecule has 3 aliphatic rings. The smallest absolute Gasteiger partial charge is 0.219 e. The second-order valence-corrected chi connectivity index (χ2v) is 10.3. The summed E-state index contributed by atoms with van der Waals surface area (Å²) in [6, 6.07) is 15.0. The van der Waals surface area contributed by atoms with E-state index < -0.39 is 0 Å². The fourth-order valence-electron chi connectivity index (χ4n) is 5.66. The Kier molecular flexibility index (Phi) is 7.27. The largest absolute Gasteiger partial charge is 0.488 e. The van der Waals surface area contributed by atoms with Gasteiger partial charge in [0.15, 0.2) is 0 Å². The average Bonchev–Trinajstić information content (AvgIpc) is 3.26. The summed E-state index contributed by atoms with van der Waals surface area (Å²) in [6.07, 6.45) is 1.62. The second-order valence-electron chi connectivity index (χ2n) is 10.3. The fraction of sp³-hybridized carbons (Fsp3) is 0.536. The number of anilines is 1. The maximum atomic E-state index is 11.6. The molecule has 3 aliphatic heterocycles. The van der Waals surface area contributed by atoms with Crippen LogP contribution in [0.4, 0.5) is 5.69 Å². The van der Waals surface area contributed by atoms with Crippen molar-refractivity contribution in [1.82, 2.24) is 14.7 Å². The lowest BCUT2D eigenvalue weighted by Gasteiger charge is -2.32. The summed E-state index contributed by atoms with van der Waals surface area (Å²) in [7, 11) is 2.13. The van der Waals surface area contributed by atoms with Gasteiger partial charge in [-0.2, -0.15) is 0 Å². The maximum Gasteiger partial charge on any atom is 0.219 e. The van der Waals surface area contributed by atoms with Gasteiger partial charge in [0.05, 0.1) is 12.6 Å². The molecule has 188 valence electrons. The number of benzene rings is 2. The Hall–Kier alpha value is -2.61. The summed E-state index contributed by atoms with van der Waals surface area (Å²) in [5, 5.41) is 10.9. The average molecular weight is 479 g/mol. The van der Waals surface area contributed by atoms with Crippen molar-refractivity contribution in [2.75, 3.05) is 57.8 Å². The van der Waals surface area contributed by atoms with Gasteiger partial charge in [-0.05, 0) is 29.2 Å². The zero-order valence-corrected chi connectivity index (χ0v) is 21.0. The van der Waals surface area contributed by atoms with Crippen molar-refractivity contribution in [1.29, 1.82) is 0 Å². The number of rotatable bonds is 6. The third-order valence-electron chi connectivity index (χ3n) is 7.65. The highest BCUT2D eigenvalue weighted by molar-refractivity contribution is 5.73. The van der Waals surface area contributed by atoms with E-state index in [-0.39, 0.29) is 18.1 Å². The molecule has 0 spiro atoms. The molecule has 7 nitrogen and oxygen atoms in total.